The van der Waals surface area contributed by atoms with E-state index in [2.05, 4.69) is 41.8 Å². The van der Waals surface area contributed by atoms with Crippen LogP contribution in [0, 0.1) is 0 Å². The number of pyridine rings is 1. The van der Waals surface area contributed by atoms with Gasteiger partial charge >= 0.3 is 0 Å². The highest BCUT2D eigenvalue weighted by Gasteiger charge is 2.23. The van der Waals surface area contributed by atoms with Crippen LogP contribution in [0.1, 0.15) is 49.7 Å². The summed E-state index contributed by atoms with van der Waals surface area (Å²) in [6, 6.07) is 9.44. The largest absolute Gasteiger partial charge is 0.338 e. The maximum Gasteiger partial charge on any atom is 0.253 e. The standard InChI is InChI=1S/C24H28ClN5O/c1-24(2,3)21-12-15(8-9-27-21)22-28-13-20(29-22)18-7-6-16(11-19(18)25)23(31)30-10-4-5-17(26)14-30/h6-9,11-13,17H,4-5,10,14,26H2,1-3H3,(H,28,29). The van der Waals surface area contributed by atoms with E-state index in [0.29, 0.717) is 17.1 Å². The fourth-order valence-corrected chi connectivity index (χ4v) is 4.12. The van der Waals surface area contributed by atoms with Gasteiger partial charge in [0.2, 0.25) is 0 Å². The van der Waals surface area contributed by atoms with Gasteiger partial charge in [0.1, 0.15) is 5.82 Å². The summed E-state index contributed by atoms with van der Waals surface area (Å²) in [6.45, 7) is 7.72. The lowest BCUT2D eigenvalue weighted by Gasteiger charge is -2.30. The third-order valence-corrected chi connectivity index (χ3v) is 5.94. The van der Waals surface area contributed by atoms with Crippen LogP contribution in [0.4, 0.5) is 0 Å². The molecule has 1 amide bonds. The SMILES string of the molecule is CC(C)(C)c1cc(-c2ncc(-c3ccc(C(=O)N4CCCC(N)C4)cc3Cl)[nH]2)ccn1. The number of piperidine rings is 1. The Morgan fingerprint density at radius 1 is 1.23 bits per heavy atom. The molecular formula is C24H28ClN5O. The predicted molar refractivity (Wildman–Crippen MR) is 124 cm³/mol. The molecule has 3 heterocycles. The molecule has 1 aliphatic heterocycles. The number of imidazole rings is 1. The minimum Gasteiger partial charge on any atom is -0.338 e. The zero-order valence-electron chi connectivity index (χ0n) is 18.2. The van der Waals surface area contributed by atoms with Crippen LogP contribution in [-0.4, -0.2) is 44.9 Å². The molecule has 4 rings (SSSR count). The van der Waals surface area contributed by atoms with Crippen molar-refractivity contribution >= 4 is 17.5 Å². The van der Waals surface area contributed by atoms with E-state index in [-0.39, 0.29) is 17.4 Å². The fraction of sp³-hybridized carbons (Fsp3) is 0.375. The van der Waals surface area contributed by atoms with E-state index < -0.39 is 0 Å². The molecule has 162 valence electrons. The van der Waals surface area contributed by atoms with E-state index in [9.17, 15) is 4.79 Å². The molecule has 1 unspecified atom stereocenters. The molecule has 31 heavy (non-hydrogen) atoms. The number of nitrogens with one attached hydrogen (secondary N) is 1. The second-order valence-electron chi connectivity index (χ2n) is 9.17. The van der Waals surface area contributed by atoms with Crippen LogP contribution in [-0.2, 0) is 5.41 Å². The number of nitrogens with two attached hydrogens (primary N) is 1. The van der Waals surface area contributed by atoms with Gasteiger partial charge in [-0.15, -0.1) is 0 Å². The van der Waals surface area contributed by atoms with Crippen LogP contribution in [0.2, 0.25) is 5.02 Å². The number of hydrogen-bond acceptors (Lipinski definition) is 4. The van der Waals surface area contributed by atoms with E-state index in [0.717, 1.165) is 47.7 Å². The lowest BCUT2D eigenvalue weighted by molar-refractivity contribution is 0.0709. The molecule has 0 bridgehead atoms. The summed E-state index contributed by atoms with van der Waals surface area (Å²) in [4.78, 5) is 27.0. The zero-order valence-corrected chi connectivity index (χ0v) is 18.9. The Hall–Kier alpha value is -2.70. The monoisotopic (exact) mass is 437 g/mol. The van der Waals surface area contributed by atoms with E-state index in [1.54, 1.807) is 18.5 Å². The summed E-state index contributed by atoms with van der Waals surface area (Å²) >= 11 is 6.56. The van der Waals surface area contributed by atoms with Gasteiger partial charge in [-0.25, -0.2) is 4.98 Å². The number of aromatic amines is 1. The molecule has 0 radical (unpaired) electrons. The third-order valence-electron chi connectivity index (χ3n) is 5.63. The Morgan fingerprint density at radius 3 is 2.74 bits per heavy atom. The van der Waals surface area contributed by atoms with Crippen LogP contribution in [0.15, 0.2) is 42.7 Å². The lowest BCUT2D eigenvalue weighted by atomic mass is 9.91. The van der Waals surface area contributed by atoms with Gasteiger partial charge in [0.15, 0.2) is 0 Å². The summed E-state index contributed by atoms with van der Waals surface area (Å²) in [5.41, 5.74) is 10.1. The van der Waals surface area contributed by atoms with Gasteiger partial charge in [-0.2, -0.15) is 0 Å². The molecular weight excluding hydrogens is 410 g/mol. The maximum atomic E-state index is 12.8. The number of rotatable bonds is 3. The Kier molecular flexibility index (Phi) is 5.86. The first kappa shape index (κ1) is 21.5. The van der Waals surface area contributed by atoms with Crippen LogP contribution in [0.3, 0.4) is 0 Å². The molecule has 1 atom stereocenters. The van der Waals surface area contributed by atoms with Gasteiger partial charge < -0.3 is 15.6 Å². The molecule has 0 aliphatic carbocycles. The van der Waals surface area contributed by atoms with Crippen molar-refractivity contribution in [3.8, 4) is 22.6 Å². The van der Waals surface area contributed by atoms with Crippen molar-refractivity contribution in [1.82, 2.24) is 19.9 Å². The number of amides is 1. The molecule has 7 heteroatoms. The minimum absolute atomic E-state index is 0.0274. The van der Waals surface area contributed by atoms with Crippen molar-refractivity contribution in [3.05, 3.63) is 59.0 Å². The highest BCUT2D eigenvalue weighted by molar-refractivity contribution is 6.33. The minimum atomic E-state index is -0.0462. The summed E-state index contributed by atoms with van der Waals surface area (Å²) in [6.07, 6.45) is 5.46. The second-order valence-corrected chi connectivity index (χ2v) is 9.58. The summed E-state index contributed by atoms with van der Waals surface area (Å²) in [5.74, 6) is 0.724. The van der Waals surface area contributed by atoms with Crippen LogP contribution in [0.25, 0.3) is 22.6 Å². The number of hydrogen-bond donors (Lipinski definition) is 2. The Balaban J connectivity index is 1.57. The molecule has 3 aromatic rings. The van der Waals surface area contributed by atoms with E-state index >= 15 is 0 Å². The highest BCUT2D eigenvalue weighted by Crippen LogP contribution is 2.31. The molecule has 0 saturated carbocycles. The lowest BCUT2D eigenvalue weighted by Crippen LogP contribution is -2.45. The number of aromatic nitrogens is 3. The first-order valence-electron chi connectivity index (χ1n) is 10.6. The zero-order chi connectivity index (χ0) is 22.2. The highest BCUT2D eigenvalue weighted by atomic mass is 35.5. The summed E-state index contributed by atoms with van der Waals surface area (Å²) < 4.78 is 0. The Morgan fingerprint density at radius 2 is 2.03 bits per heavy atom. The summed E-state index contributed by atoms with van der Waals surface area (Å²) in [5, 5.41) is 0.507. The van der Waals surface area contributed by atoms with Crippen LogP contribution < -0.4 is 5.73 Å². The number of carbonyl (C=O) groups is 1. The topological polar surface area (TPSA) is 87.9 Å². The van der Waals surface area contributed by atoms with Crippen LogP contribution >= 0.6 is 11.6 Å². The average Bonchev–Trinajstić information content (AvgIpc) is 3.22. The number of nitrogens with zero attached hydrogens (tertiary/aromatic N) is 3. The van der Waals surface area contributed by atoms with E-state index in [1.165, 1.54) is 0 Å². The van der Waals surface area contributed by atoms with Gasteiger partial charge in [0.25, 0.3) is 5.91 Å². The molecule has 0 spiro atoms. The molecule has 1 saturated heterocycles. The van der Waals surface area contributed by atoms with Crippen molar-refractivity contribution in [1.29, 1.82) is 0 Å². The number of carbonyl (C=O) groups excluding carboxylic acids is 1. The molecule has 1 aromatic carbocycles. The molecule has 3 N–H and O–H groups in total. The van der Waals surface area contributed by atoms with Crippen LogP contribution in [0.5, 0.6) is 0 Å². The Labute approximate surface area is 187 Å². The van der Waals surface area contributed by atoms with Gasteiger partial charge in [0, 0.05) is 53.1 Å². The quantitative estimate of drug-likeness (QED) is 0.624. The number of benzene rings is 1. The molecule has 1 aliphatic rings. The van der Waals surface area contributed by atoms with Crippen molar-refractivity contribution < 1.29 is 4.79 Å². The van der Waals surface area contributed by atoms with Gasteiger partial charge in [-0.05, 0) is 37.1 Å². The normalized spacial score (nSPS) is 17.1. The van der Waals surface area contributed by atoms with Crippen molar-refractivity contribution in [3.63, 3.8) is 0 Å². The third kappa shape index (κ3) is 4.65. The number of H-pyrrole nitrogens is 1. The average molecular weight is 438 g/mol. The molecule has 6 nitrogen and oxygen atoms in total. The van der Waals surface area contributed by atoms with Gasteiger partial charge in [-0.3, -0.25) is 9.78 Å². The van der Waals surface area contributed by atoms with Gasteiger partial charge in [0.05, 0.1) is 16.9 Å². The number of likely N-dealkylation sites (tertiary alicyclic amines) is 1. The predicted octanol–water partition coefficient (Wildman–Crippen LogP) is 4.65. The van der Waals surface area contributed by atoms with E-state index in [4.69, 9.17) is 17.3 Å². The van der Waals surface area contributed by atoms with Crippen molar-refractivity contribution in [2.45, 2.75) is 45.1 Å². The smallest absolute Gasteiger partial charge is 0.253 e. The van der Waals surface area contributed by atoms with Crippen molar-refractivity contribution in [2.24, 2.45) is 5.73 Å². The Bertz CT molecular complexity index is 1100. The first-order valence-corrected chi connectivity index (χ1v) is 11.0. The second kappa shape index (κ2) is 8.44. The van der Waals surface area contributed by atoms with Gasteiger partial charge in [-0.1, -0.05) is 38.4 Å². The number of halogens is 1. The van der Waals surface area contributed by atoms with Crippen molar-refractivity contribution in [2.75, 3.05) is 13.1 Å². The summed E-state index contributed by atoms with van der Waals surface area (Å²) in [7, 11) is 0. The first-order chi connectivity index (χ1) is 14.7. The molecule has 1 fully saturated rings. The maximum absolute atomic E-state index is 12.8. The fourth-order valence-electron chi connectivity index (χ4n) is 3.84. The molecule has 2 aromatic heterocycles. The van der Waals surface area contributed by atoms with E-state index in [1.807, 2.05) is 23.1 Å².